The van der Waals surface area contributed by atoms with E-state index in [1.807, 2.05) is 0 Å². The third kappa shape index (κ3) is 2.87. The van der Waals surface area contributed by atoms with Gasteiger partial charge in [-0.25, -0.2) is 0 Å². The first-order chi connectivity index (χ1) is 12.1. The minimum absolute atomic E-state index is 0.137. The lowest BCUT2D eigenvalue weighted by atomic mass is 9.49. The van der Waals surface area contributed by atoms with E-state index in [2.05, 4.69) is 40.9 Å². The van der Waals surface area contributed by atoms with Gasteiger partial charge in [-0.1, -0.05) is 49.6 Å². The van der Waals surface area contributed by atoms with Crippen molar-refractivity contribution in [1.82, 2.24) is 5.43 Å². The smallest absolute Gasteiger partial charge is 0.184 e. The highest BCUT2D eigenvalue weighted by molar-refractivity contribution is 7.80. The van der Waals surface area contributed by atoms with Crippen molar-refractivity contribution in [3.63, 3.8) is 0 Å². The summed E-state index contributed by atoms with van der Waals surface area (Å²) in [6, 6.07) is 10.7. The van der Waals surface area contributed by atoms with Crippen LogP contribution in [0.1, 0.15) is 56.4 Å². The molecule has 3 saturated carbocycles. The molecule has 3 aliphatic rings. The highest BCUT2D eigenvalue weighted by Crippen LogP contribution is 2.58. The maximum absolute atomic E-state index is 11.8. The lowest BCUT2D eigenvalue weighted by molar-refractivity contribution is -0.111. The van der Waals surface area contributed by atoms with E-state index in [1.165, 1.54) is 12.0 Å². The largest absolute Gasteiger partial charge is 0.389 e. The van der Waals surface area contributed by atoms with Gasteiger partial charge in [0.2, 0.25) is 0 Å². The SMILES string of the molecule is NC(=S)N/N=C1/[C@H]2CCC[C@H]1[C@]1(O)CCCC[C@H]1[C@@H]2c1ccccc1. The second kappa shape index (κ2) is 6.69. The van der Waals surface area contributed by atoms with E-state index in [1.54, 1.807) is 0 Å². The second-order valence-electron chi connectivity index (χ2n) is 7.88. The van der Waals surface area contributed by atoms with Crippen LogP contribution in [0.2, 0.25) is 0 Å². The van der Waals surface area contributed by atoms with Gasteiger partial charge >= 0.3 is 0 Å². The predicted molar refractivity (Wildman–Crippen MR) is 104 cm³/mol. The summed E-state index contributed by atoms with van der Waals surface area (Å²) in [6.07, 6.45) is 7.60. The minimum atomic E-state index is -0.646. The van der Waals surface area contributed by atoms with Crippen molar-refractivity contribution < 1.29 is 5.11 Å². The van der Waals surface area contributed by atoms with E-state index < -0.39 is 5.60 Å². The first-order valence-electron chi connectivity index (χ1n) is 9.51. The average Bonchev–Trinajstić information content (AvgIpc) is 2.62. The minimum Gasteiger partial charge on any atom is -0.389 e. The molecule has 1 aromatic carbocycles. The van der Waals surface area contributed by atoms with Gasteiger partial charge in [-0.3, -0.25) is 5.43 Å². The third-order valence-corrected chi connectivity index (χ3v) is 6.77. The van der Waals surface area contributed by atoms with Gasteiger partial charge in [0, 0.05) is 17.5 Å². The van der Waals surface area contributed by atoms with Crippen LogP contribution in [0.4, 0.5) is 0 Å². The standard InChI is InChI=1S/C20H27N3OS/c21-19(25)23-22-18-14-9-6-11-16(18)20(24)12-5-4-10-15(20)17(14)13-7-2-1-3-8-13/h1-3,7-8,14-17,24H,4-6,9-12H2,(H3,21,23,25)/b22-18-/t14-,15-,16+,17+,20-/m0/s1. The maximum Gasteiger partial charge on any atom is 0.184 e. The van der Waals surface area contributed by atoms with Gasteiger partial charge in [-0.15, -0.1) is 0 Å². The van der Waals surface area contributed by atoms with E-state index in [0.717, 1.165) is 44.2 Å². The van der Waals surface area contributed by atoms with Crippen molar-refractivity contribution in [3.05, 3.63) is 35.9 Å². The average molecular weight is 358 g/mol. The fraction of sp³-hybridized carbons (Fsp3) is 0.600. The zero-order chi connectivity index (χ0) is 17.4. The summed E-state index contributed by atoms with van der Waals surface area (Å²) < 4.78 is 0. The zero-order valence-corrected chi connectivity index (χ0v) is 15.3. The maximum atomic E-state index is 11.8. The molecule has 0 aliphatic heterocycles. The van der Waals surface area contributed by atoms with Crippen molar-refractivity contribution in [1.29, 1.82) is 0 Å². The Labute approximate surface area is 154 Å². The molecule has 0 spiro atoms. The number of rotatable bonds is 2. The summed E-state index contributed by atoms with van der Waals surface area (Å²) >= 11 is 4.96. The molecular weight excluding hydrogens is 330 g/mol. The zero-order valence-electron chi connectivity index (χ0n) is 14.5. The van der Waals surface area contributed by atoms with E-state index in [0.29, 0.717) is 17.8 Å². The molecule has 5 heteroatoms. The van der Waals surface area contributed by atoms with Crippen LogP contribution >= 0.6 is 12.2 Å². The molecule has 0 saturated heterocycles. The number of nitrogens with zero attached hydrogens (tertiary/aromatic N) is 1. The number of nitrogens with one attached hydrogen (secondary N) is 1. The number of hydrogen-bond donors (Lipinski definition) is 3. The van der Waals surface area contributed by atoms with Crippen LogP contribution in [0.3, 0.4) is 0 Å². The fourth-order valence-electron chi connectivity index (χ4n) is 5.80. The highest BCUT2D eigenvalue weighted by atomic mass is 32.1. The highest BCUT2D eigenvalue weighted by Gasteiger charge is 2.58. The van der Waals surface area contributed by atoms with Crippen molar-refractivity contribution in [2.45, 2.75) is 56.5 Å². The lowest BCUT2D eigenvalue weighted by Crippen LogP contribution is -2.61. The number of benzene rings is 1. The molecule has 0 radical (unpaired) electrons. The summed E-state index contributed by atoms with van der Waals surface area (Å²) in [7, 11) is 0. The Morgan fingerprint density at radius 2 is 1.96 bits per heavy atom. The topological polar surface area (TPSA) is 70.6 Å². The number of hydrazone groups is 1. The normalized spacial score (nSPS) is 38.8. The molecule has 0 heterocycles. The molecule has 2 bridgehead atoms. The van der Waals surface area contributed by atoms with Gasteiger partial charge in [0.25, 0.3) is 0 Å². The van der Waals surface area contributed by atoms with Crippen LogP contribution in [-0.4, -0.2) is 21.5 Å². The van der Waals surface area contributed by atoms with Crippen molar-refractivity contribution in [2.75, 3.05) is 0 Å². The van der Waals surface area contributed by atoms with Crippen molar-refractivity contribution in [3.8, 4) is 0 Å². The van der Waals surface area contributed by atoms with E-state index in [9.17, 15) is 5.11 Å². The molecule has 0 aromatic heterocycles. The van der Waals surface area contributed by atoms with Crippen LogP contribution < -0.4 is 11.2 Å². The molecule has 4 nitrogen and oxygen atoms in total. The van der Waals surface area contributed by atoms with Crippen LogP contribution in [0.15, 0.2) is 35.4 Å². The van der Waals surface area contributed by atoms with Crippen LogP contribution in [0.5, 0.6) is 0 Å². The van der Waals surface area contributed by atoms with E-state index in [-0.39, 0.29) is 11.0 Å². The summed E-state index contributed by atoms with van der Waals surface area (Å²) in [5, 5.41) is 16.6. The van der Waals surface area contributed by atoms with Crippen LogP contribution in [-0.2, 0) is 0 Å². The van der Waals surface area contributed by atoms with Crippen molar-refractivity contribution in [2.24, 2.45) is 28.6 Å². The Kier molecular flexibility index (Phi) is 4.54. The van der Waals surface area contributed by atoms with Gasteiger partial charge < -0.3 is 10.8 Å². The number of thiocarbonyl (C=S) groups is 1. The molecule has 0 unspecified atom stereocenters. The molecule has 3 fully saturated rings. The van der Waals surface area contributed by atoms with Crippen LogP contribution in [0.25, 0.3) is 0 Å². The fourth-order valence-corrected chi connectivity index (χ4v) is 5.84. The Bertz CT molecular complexity index is 677. The van der Waals surface area contributed by atoms with Gasteiger partial charge in [0.15, 0.2) is 5.11 Å². The van der Waals surface area contributed by atoms with E-state index >= 15 is 0 Å². The van der Waals surface area contributed by atoms with Gasteiger partial charge in [0.1, 0.15) is 0 Å². The molecule has 0 amide bonds. The number of nitrogens with two attached hydrogens (primary N) is 1. The van der Waals surface area contributed by atoms with Crippen LogP contribution in [0, 0.1) is 17.8 Å². The molecule has 25 heavy (non-hydrogen) atoms. The number of hydrogen-bond acceptors (Lipinski definition) is 3. The summed E-state index contributed by atoms with van der Waals surface area (Å²) in [5.74, 6) is 1.16. The molecule has 4 N–H and O–H groups in total. The summed E-state index contributed by atoms with van der Waals surface area (Å²) in [4.78, 5) is 0. The predicted octanol–water partition coefficient (Wildman–Crippen LogP) is 3.31. The molecular formula is C20H27N3OS. The molecule has 1 aromatic rings. The van der Waals surface area contributed by atoms with Gasteiger partial charge in [-0.2, -0.15) is 5.10 Å². The Morgan fingerprint density at radius 3 is 2.72 bits per heavy atom. The number of fused-ring (bicyclic) bond motifs is 4. The molecule has 134 valence electrons. The lowest BCUT2D eigenvalue weighted by Gasteiger charge is -2.57. The Balaban J connectivity index is 1.81. The second-order valence-corrected chi connectivity index (χ2v) is 8.32. The molecule has 4 rings (SSSR count). The quantitative estimate of drug-likeness (QED) is 0.561. The van der Waals surface area contributed by atoms with Gasteiger partial charge in [-0.05, 0) is 55.3 Å². The first-order valence-corrected chi connectivity index (χ1v) is 9.92. The Hall–Kier alpha value is -1.46. The summed E-state index contributed by atoms with van der Waals surface area (Å²) in [6.45, 7) is 0. The molecule has 5 atom stereocenters. The van der Waals surface area contributed by atoms with Gasteiger partial charge in [0.05, 0.1) is 5.60 Å². The third-order valence-electron chi connectivity index (χ3n) is 6.68. The van der Waals surface area contributed by atoms with Crippen molar-refractivity contribution >= 4 is 23.0 Å². The van der Waals surface area contributed by atoms with E-state index in [4.69, 9.17) is 18.0 Å². The molecule has 3 aliphatic carbocycles. The summed E-state index contributed by atoms with van der Waals surface area (Å²) in [5.41, 5.74) is 10.2. The first kappa shape index (κ1) is 17.0. The number of aliphatic hydroxyl groups is 1. The Morgan fingerprint density at radius 1 is 1.16 bits per heavy atom. The monoisotopic (exact) mass is 357 g/mol.